The lowest BCUT2D eigenvalue weighted by Gasteiger charge is -2.38. The summed E-state index contributed by atoms with van der Waals surface area (Å²) in [6.45, 7) is 0. The van der Waals surface area contributed by atoms with Crippen LogP contribution in [0.1, 0.15) is 0 Å². The highest BCUT2D eigenvalue weighted by molar-refractivity contribution is 8.62. The van der Waals surface area contributed by atoms with Crippen molar-refractivity contribution < 1.29 is 0 Å². The second kappa shape index (κ2) is 1.05. The average molecular weight is 130 g/mol. The van der Waals surface area contributed by atoms with Gasteiger partial charge in [-0.2, -0.15) is 8.56 Å². The Kier molecular flexibility index (Phi) is 1.16. The SMILES string of the molecule is C[SH](C)(C)(N)Cl. The fourth-order valence-electron chi connectivity index (χ4n) is 0. The number of nitrogens with two attached hydrogens (primary N) is 1. The van der Waals surface area contributed by atoms with Gasteiger partial charge in [0.05, 0.1) is 0 Å². The maximum atomic E-state index is 5.69. The van der Waals surface area contributed by atoms with Crippen molar-refractivity contribution in [1.29, 1.82) is 0 Å². The number of rotatable bonds is 0. The fourth-order valence-corrected chi connectivity index (χ4v) is 0. The van der Waals surface area contributed by atoms with Crippen molar-refractivity contribution >= 4 is 19.2 Å². The normalized spacial score (nSPS) is 19.2. The van der Waals surface area contributed by atoms with E-state index in [2.05, 4.69) is 0 Å². The summed E-state index contributed by atoms with van der Waals surface area (Å²) >= 11 is 0. The summed E-state index contributed by atoms with van der Waals surface area (Å²) < 4.78 is 0. The Morgan fingerprint density at radius 1 is 1.33 bits per heavy atom. The number of halogens is 1. The van der Waals surface area contributed by atoms with E-state index >= 15 is 0 Å². The maximum Gasteiger partial charge on any atom is -0.0276 e. The molecule has 0 amide bonds. The molecule has 0 aliphatic heterocycles. The monoisotopic (exact) mass is 129 g/mol. The van der Waals surface area contributed by atoms with Gasteiger partial charge >= 0.3 is 0 Å². The van der Waals surface area contributed by atoms with Gasteiger partial charge < -0.3 is 0 Å². The number of thiol groups is 1. The second-order valence-electron chi connectivity index (χ2n) is 2.72. The van der Waals surface area contributed by atoms with Crippen LogP contribution in [0.3, 0.4) is 0 Å². The zero-order chi connectivity index (χ0) is 5.45. The maximum absolute atomic E-state index is 5.69. The summed E-state index contributed by atoms with van der Waals surface area (Å²) in [5.41, 5.74) is 0. The zero-order valence-electron chi connectivity index (χ0n) is 4.40. The second-order valence-corrected chi connectivity index (χ2v) is 11.8. The Hall–Kier alpha value is 0.600. The molecule has 0 spiro atoms. The molecular weight excluding hydrogens is 118 g/mol. The van der Waals surface area contributed by atoms with E-state index in [1.165, 1.54) is 0 Å². The molecule has 0 aromatic heterocycles. The van der Waals surface area contributed by atoms with Gasteiger partial charge in [0, 0.05) is 0 Å². The van der Waals surface area contributed by atoms with E-state index in [1.807, 2.05) is 18.8 Å². The number of hydrogen-bond donors (Lipinski definition) is 2. The molecule has 0 aliphatic carbocycles. The van der Waals surface area contributed by atoms with Crippen LogP contribution in [0.5, 0.6) is 0 Å². The molecule has 0 atom stereocenters. The van der Waals surface area contributed by atoms with E-state index < -0.39 is 8.56 Å². The molecule has 0 radical (unpaired) electrons. The van der Waals surface area contributed by atoms with Gasteiger partial charge in [0.15, 0.2) is 0 Å². The molecule has 0 heterocycles. The minimum Gasteiger partial charge on any atom is -0.299 e. The number of hydrogen-bond acceptors (Lipinski definition) is 1. The first-order chi connectivity index (χ1) is 2.24. The first-order valence-electron chi connectivity index (χ1n) is 1.77. The molecule has 0 aliphatic rings. The predicted molar refractivity (Wildman–Crippen MR) is 36.8 cm³/mol. The molecule has 2 N–H and O–H groups in total. The molecule has 0 saturated heterocycles. The lowest BCUT2D eigenvalue weighted by Crippen LogP contribution is -2.14. The van der Waals surface area contributed by atoms with Crippen LogP contribution in [0.15, 0.2) is 0 Å². The largest absolute Gasteiger partial charge is 0.299 e. The minimum absolute atomic E-state index is 1.88. The molecule has 0 aromatic rings. The third-order valence-corrected chi connectivity index (χ3v) is 0. The van der Waals surface area contributed by atoms with E-state index in [4.69, 9.17) is 15.8 Å². The van der Waals surface area contributed by atoms with Crippen LogP contribution in [0.25, 0.3) is 0 Å². The van der Waals surface area contributed by atoms with Crippen molar-refractivity contribution in [2.75, 3.05) is 18.8 Å². The van der Waals surface area contributed by atoms with Gasteiger partial charge in [-0.3, -0.25) is 5.14 Å². The van der Waals surface area contributed by atoms with Crippen LogP contribution in [0.2, 0.25) is 0 Å². The summed E-state index contributed by atoms with van der Waals surface area (Å²) in [5, 5.41) is 5.49. The van der Waals surface area contributed by atoms with Crippen LogP contribution in [-0.4, -0.2) is 18.8 Å². The lowest BCUT2D eigenvalue weighted by atomic mass is 11.9. The quantitative estimate of drug-likeness (QED) is 0.469. The topological polar surface area (TPSA) is 26.0 Å². The Morgan fingerprint density at radius 2 is 1.33 bits per heavy atom. The van der Waals surface area contributed by atoms with Crippen molar-refractivity contribution in [2.24, 2.45) is 5.14 Å². The third kappa shape index (κ3) is 166. The molecule has 0 rings (SSSR count). The van der Waals surface area contributed by atoms with Crippen LogP contribution >= 0.6 is 19.2 Å². The van der Waals surface area contributed by atoms with Gasteiger partial charge in [-0.25, -0.2) is 0 Å². The highest BCUT2D eigenvalue weighted by atomic mass is 35.7. The Balaban J connectivity index is 3.73. The lowest BCUT2D eigenvalue weighted by molar-refractivity contribution is 1.83. The molecule has 42 valence electrons. The molecule has 1 nitrogen and oxygen atoms in total. The summed E-state index contributed by atoms with van der Waals surface area (Å²) in [5.74, 6) is 0. The molecular formula is C3H12ClNS. The average Bonchev–Trinajstić information content (AvgIpc) is 0.650. The van der Waals surface area contributed by atoms with Gasteiger partial charge in [-0.05, 0) is 18.8 Å². The summed E-state index contributed by atoms with van der Waals surface area (Å²) in [4.78, 5) is 0. The molecule has 3 heteroatoms. The molecule has 0 saturated carbocycles. The summed E-state index contributed by atoms with van der Waals surface area (Å²) in [6, 6.07) is 0. The van der Waals surface area contributed by atoms with E-state index in [9.17, 15) is 0 Å². The third-order valence-electron chi connectivity index (χ3n) is 0. The molecule has 0 aromatic carbocycles. The van der Waals surface area contributed by atoms with Crippen molar-refractivity contribution in [2.45, 2.75) is 0 Å². The Morgan fingerprint density at radius 3 is 1.33 bits per heavy atom. The van der Waals surface area contributed by atoms with E-state index in [-0.39, 0.29) is 0 Å². The first-order valence-corrected chi connectivity index (χ1v) is 6.32. The summed E-state index contributed by atoms with van der Waals surface area (Å²) in [7, 11) is 3.62. The van der Waals surface area contributed by atoms with Crippen molar-refractivity contribution in [3.05, 3.63) is 0 Å². The van der Waals surface area contributed by atoms with Gasteiger partial charge in [0.25, 0.3) is 0 Å². The van der Waals surface area contributed by atoms with Crippen molar-refractivity contribution in [1.82, 2.24) is 0 Å². The summed E-state index contributed by atoms with van der Waals surface area (Å²) in [6.07, 6.45) is 5.65. The fraction of sp³-hybridized carbons (Fsp3) is 1.00. The Bertz CT molecular complexity index is 44.0. The van der Waals surface area contributed by atoms with Crippen LogP contribution in [-0.2, 0) is 0 Å². The van der Waals surface area contributed by atoms with E-state index in [1.54, 1.807) is 0 Å². The van der Waals surface area contributed by atoms with Crippen molar-refractivity contribution in [3.63, 3.8) is 0 Å². The Labute approximate surface area is 43.8 Å². The highest BCUT2D eigenvalue weighted by Crippen LogP contribution is 2.55. The van der Waals surface area contributed by atoms with Crippen LogP contribution in [0.4, 0.5) is 0 Å². The highest BCUT2D eigenvalue weighted by Gasteiger charge is 2.10. The van der Waals surface area contributed by atoms with Gasteiger partial charge in [-0.15, -0.1) is 0 Å². The zero-order valence-corrected chi connectivity index (χ0v) is 6.05. The van der Waals surface area contributed by atoms with Gasteiger partial charge in [0.1, 0.15) is 0 Å². The van der Waals surface area contributed by atoms with Gasteiger partial charge in [0.2, 0.25) is 0 Å². The molecule has 0 unspecified atom stereocenters. The molecule has 6 heavy (non-hydrogen) atoms. The standard InChI is InChI=1S/C3H12ClNS/c1-6(2,3,4)5/h6H,5H2,1-3H3. The van der Waals surface area contributed by atoms with E-state index in [0.29, 0.717) is 0 Å². The van der Waals surface area contributed by atoms with Crippen molar-refractivity contribution in [3.8, 4) is 0 Å². The van der Waals surface area contributed by atoms with Gasteiger partial charge in [-0.1, -0.05) is 10.7 Å². The smallest absolute Gasteiger partial charge is 0.0276 e. The minimum atomic E-state index is -2.08. The van der Waals surface area contributed by atoms with Crippen LogP contribution in [0, 0.1) is 0 Å². The van der Waals surface area contributed by atoms with Crippen LogP contribution < -0.4 is 5.14 Å². The van der Waals surface area contributed by atoms with E-state index in [0.717, 1.165) is 0 Å². The molecule has 0 bridgehead atoms. The predicted octanol–water partition coefficient (Wildman–Crippen LogP) is 0.976. The first kappa shape index (κ1) is 6.60. The molecule has 0 fully saturated rings.